The van der Waals surface area contributed by atoms with E-state index in [-0.39, 0.29) is 22.8 Å². The lowest BCUT2D eigenvalue weighted by atomic mass is 10.1. The number of alkyl halides is 1. The molecule has 9 nitrogen and oxygen atoms in total. The number of hydrogen-bond donors (Lipinski definition) is 3. The second-order valence-corrected chi connectivity index (χ2v) is 8.35. The maximum Gasteiger partial charge on any atom is 0.323 e. The third-order valence-corrected chi connectivity index (χ3v) is 6.14. The molecule has 35 heavy (non-hydrogen) atoms. The Morgan fingerprint density at radius 1 is 1.20 bits per heavy atom. The van der Waals surface area contributed by atoms with Crippen molar-refractivity contribution in [2.75, 3.05) is 19.0 Å². The van der Waals surface area contributed by atoms with E-state index in [1.54, 1.807) is 24.3 Å². The number of carbonyl (C=O) groups excluding carboxylic acids is 3. The molecule has 0 saturated carbocycles. The lowest BCUT2D eigenvalue weighted by Gasteiger charge is -2.26. The molecule has 0 bridgehead atoms. The van der Waals surface area contributed by atoms with Crippen molar-refractivity contribution in [1.29, 1.82) is 0 Å². The van der Waals surface area contributed by atoms with Gasteiger partial charge in [0.15, 0.2) is 0 Å². The fourth-order valence-electron chi connectivity index (χ4n) is 4.18. The first-order valence-electron chi connectivity index (χ1n) is 10.6. The molecule has 1 aliphatic heterocycles. The number of benzene rings is 2. The zero-order valence-electron chi connectivity index (χ0n) is 18.5. The predicted octanol–water partition coefficient (Wildman–Crippen LogP) is 3.25. The highest BCUT2D eigenvalue weighted by atomic mass is 35.5. The molecule has 4 rings (SSSR count). The summed E-state index contributed by atoms with van der Waals surface area (Å²) in [5, 5.41) is 5.56. The van der Waals surface area contributed by atoms with Crippen LogP contribution in [0.4, 0.5) is 24.1 Å². The van der Waals surface area contributed by atoms with E-state index in [0.717, 1.165) is 9.47 Å². The Kier molecular flexibility index (Phi) is 6.90. The number of methoxy groups -OCH3 is 1. The van der Waals surface area contributed by atoms with Gasteiger partial charge in [-0.2, -0.15) is 0 Å². The Bertz CT molecular complexity index is 1300. The zero-order valence-corrected chi connectivity index (χ0v) is 19.3. The Balaban J connectivity index is 1.56. The number of carbonyl (C=O) groups is 3. The minimum atomic E-state index is -1.64. The smallest absolute Gasteiger partial charge is 0.323 e. The van der Waals surface area contributed by atoms with Crippen LogP contribution < -0.4 is 16.4 Å². The number of halogens is 3. The summed E-state index contributed by atoms with van der Waals surface area (Å²) in [6, 6.07) is 8.21. The average molecular weight is 506 g/mol. The summed E-state index contributed by atoms with van der Waals surface area (Å²) >= 11 is 5.78. The Morgan fingerprint density at radius 3 is 2.66 bits per heavy atom. The largest absolute Gasteiger partial charge is 0.376 e. The van der Waals surface area contributed by atoms with Crippen LogP contribution in [-0.2, 0) is 16.1 Å². The normalized spacial score (nSPS) is 19.7. The lowest BCUT2D eigenvalue weighted by Crippen LogP contribution is -2.51. The maximum absolute atomic E-state index is 14.7. The SMILES string of the molecule is CO[C@H]1[C@@H](C(=O)NCc2cccc(Cl)c2F)N(C(=O)Nc2cn(C(N)=O)c3ccccc23)C[C@@H]1F. The summed E-state index contributed by atoms with van der Waals surface area (Å²) in [5.41, 5.74) is 6.26. The number of rotatable bonds is 5. The van der Waals surface area contributed by atoms with Crippen LogP contribution in [0.25, 0.3) is 10.9 Å². The number of nitrogens with zero attached hydrogens (tertiary/aromatic N) is 2. The highest BCUT2D eigenvalue weighted by Crippen LogP contribution is 2.29. The zero-order chi connectivity index (χ0) is 25.3. The van der Waals surface area contributed by atoms with E-state index in [2.05, 4.69) is 10.6 Å². The van der Waals surface area contributed by atoms with Crippen LogP contribution in [0.1, 0.15) is 5.56 Å². The molecule has 4 amide bonds. The van der Waals surface area contributed by atoms with Crippen LogP contribution in [0, 0.1) is 5.82 Å². The number of primary amides is 1. The number of aromatic nitrogens is 1. The van der Waals surface area contributed by atoms with Gasteiger partial charge in [-0.05, 0) is 12.1 Å². The van der Waals surface area contributed by atoms with Gasteiger partial charge in [-0.1, -0.05) is 41.9 Å². The van der Waals surface area contributed by atoms with E-state index in [0.29, 0.717) is 10.9 Å². The number of para-hydroxylation sites is 1. The van der Waals surface area contributed by atoms with E-state index < -0.39 is 48.6 Å². The van der Waals surface area contributed by atoms with Crippen molar-refractivity contribution in [1.82, 2.24) is 14.8 Å². The van der Waals surface area contributed by atoms with Gasteiger partial charge in [0.2, 0.25) is 5.91 Å². The second kappa shape index (κ2) is 9.88. The molecule has 3 atom stereocenters. The van der Waals surface area contributed by atoms with Gasteiger partial charge in [-0.15, -0.1) is 0 Å². The molecule has 0 aliphatic carbocycles. The van der Waals surface area contributed by atoms with Crippen molar-refractivity contribution in [3.8, 4) is 0 Å². The van der Waals surface area contributed by atoms with Crippen LogP contribution in [0.5, 0.6) is 0 Å². The maximum atomic E-state index is 14.7. The highest BCUT2D eigenvalue weighted by molar-refractivity contribution is 6.30. The standard InChI is InChI=1S/C23H22ClF2N5O4/c1-35-20-15(25)10-31(19(20)21(32)28-9-12-5-4-7-14(24)18(12)26)23(34)29-16-11-30(22(27)33)17-8-3-2-6-13(16)17/h2-8,11,15,19-20H,9-10H2,1H3,(H2,27,33)(H,28,32)(H,29,34)/t15-,19-,20+/m0/s1. The Hall–Kier alpha value is -3.70. The molecule has 1 aliphatic rings. The highest BCUT2D eigenvalue weighted by Gasteiger charge is 2.49. The molecule has 1 saturated heterocycles. The first-order valence-corrected chi connectivity index (χ1v) is 11.0. The third kappa shape index (κ3) is 4.64. The number of ether oxygens (including phenoxy) is 1. The molecular weight excluding hydrogens is 484 g/mol. The van der Waals surface area contributed by atoms with E-state index >= 15 is 0 Å². The number of fused-ring (bicyclic) bond motifs is 1. The molecule has 12 heteroatoms. The third-order valence-electron chi connectivity index (χ3n) is 5.85. The van der Waals surface area contributed by atoms with Crippen LogP contribution >= 0.6 is 11.6 Å². The first kappa shape index (κ1) is 24.4. The number of likely N-dealkylation sites (tertiary alicyclic amines) is 1. The van der Waals surface area contributed by atoms with E-state index in [4.69, 9.17) is 22.1 Å². The van der Waals surface area contributed by atoms with Gasteiger partial charge in [-0.3, -0.25) is 9.36 Å². The van der Waals surface area contributed by atoms with Gasteiger partial charge in [0.25, 0.3) is 0 Å². The molecule has 0 unspecified atom stereocenters. The summed E-state index contributed by atoms with van der Waals surface area (Å²) in [6.45, 7) is -0.640. The molecule has 0 spiro atoms. The van der Waals surface area contributed by atoms with Crippen molar-refractivity contribution in [2.45, 2.75) is 24.9 Å². The van der Waals surface area contributed by atoms with Crippen LogP contribution in [0.15, 0.2) is 48.7 Å². The van der Waals surface area contributed by atoms with Gasteiger partial charge in [0, 0.05) is 30.8 Å². The summed E-state index contributed by atoms with van der Waals surface area (Å²) in [7, 11) is 1.23. The van der Waals surface area contributed by atoms with E-state index in [1.165, 1.54) is 31.5 Å². The molecule has 1 fully saturated rings. The Morgan fingerprint density at radius 2 is 1.94 bits per heavy atom. The van der Waals surface area contributed by atoms with E-state index in [9.17, 15) is 23.2 Å². The summed E-state index contributed by atoms with van der Waals surface area (Å²) in [5.74, 6) is -1.42. The fraction of sp³-hybridized carbons (Fsp3) is 0.261. The van der Waals surface area contributed by atoms with Gasteiger partial charge < -0.3 is 26.0 Å². The van der Waals surface area contributed by atoms with Crippen LogP contribution in [0.3, 0.4) is 0 Å². The van der Waals surface area contributed by atoms with Crippen molar-refractivity contribution in [3.63, 3.8) is 0 Å². The van der Waals surface area contributed by atoms with Crippen molar-refractivity contribution >= 4 is 46.2 Å². The lowest BCUT2D eigenvalue weighted by molar-refractivity contribution is -0.128. The number of nitrogens with one attached hydrogen (secondary N) is 2. The van der Waals surface area contributed by atoms with Crippen molar-refractivity contribution in [3.05, 3.63) is 65.1 Å². The molecule has 2 heterocycles. The fourth-order valence-corrected chi connectivity index (χ4v) is 4.37. The molecule has 1 aromatic heterocycles. The minimum absolute atomic E-state index is 0.104. The molecule has 2 aromatic carbocycles. The number of hydrogen-bond acceptors (Lipinski definition) is 4. The van der Waals surface area contributed by atoms with Crippen LogP contribution in [-0.4, -0.2) is 59.4 Å². The number of anilines is 1. The van der Waals surface area contributed by atoms with Gasteiger partial charge in [-0.25, -0.2) is 18.4 Å². The van der Waals surface area contributed by atoms with Crippen molar-refractivity contribution < 1.29 is 27.9 Å². The minimum Gasteiger partial charge on any atom is -0.376 e. The molecule has 0 radical (unpaired) electrons. The van der Waals surface area contributed by atoms with E-state index in [1.807, 2.05) is 0 Å². The second-order valence-electron chi connectivity index (χ2n) is 7.94. The first-order chi connectivity index (χ1) is 16.7. The predicted molar refractivity (Wildman–Crippen MR) is 125 cm³/mol. The van der Waals surface area contributed by atoms with Gasteiger partial charge in [0.05, 0.1) is 22.8 Å². The molecule has 184 valence electrons. The average Bonchev–Trinajstić information content (AvgIpc) is 3.37. The number of amides is 4. The molecule has 3 aromatic rings. The Labute approximate surface area is 203 Å². The number of urea groups is 1. The van der Waals surface area contributed by atoms with Crippen molar-refractivity contribution in [2.24, 2.45) is 5.73 Å². The van der Waals surface area contributed by atoms with Gasteiger partial charge >= 0.3 is 12.1 Å². The van der Waals surface area contributed by atoms with Crippen LogP contribution in [0.2, 0.25) is 5.02 Å². The summed E-state index contributed by atoms with van der Waals surface area (Å²) in [6.07, 6.45) is -1.54. The van der Waals surface area contributed by atoms with Gasteiger partial charge in [0.1, 0.15) is 24.1 Å². The molecular formula is C23H22ClF2N5O4. The summed E-state index contributed by atoms with van der Waals surface area (Å²) in [4.78, 5) is 38.9. The number of nitrogens with two attached hydrogens (primary N) is 1. The quantitative estimate of drug-likeness (QED) is 0.493. The topological polar surface area (TPSA) is 119 Å². The molecule has 4 N–H and O–H groups in total. The summed E-state index contributed by atoms with van der Waals surface area (Å²) < 4.78 is 35.2. The monoisotopic (exact) mass is 505 g/mol.